The lowest BCUT2D eigenvalue weighted by Gasteiger charge is -2.14. The van der Waals surface area contributed by atoms with Crippen molar-refractivity contribution in [2.24, 2.45) is 0 Å². The average molecular weight is 295 g/mol. The number of hydrogen-bond acceptors (Lipinski definition) is 5. The molecule has 0 spiro atoms. The van der Waals surface area contributed by atoms with E-state index in [1.807, 2.05) is 0 Å². The lowest BCUT2D eigenvalue weighted by Crippen LogP contribution is -2.22. The average Bonchev–Trinajstić information content (AvgIpc) is 2.90. The molecule has 0 saturated carbocycles. The highest BCUT2D eigenvalue weighted by molar-refractivity contribution is 7.89. The maximum atomic E-state index is 12.0. The summed E-state index contributed by atoms with van der Waals surface area (Å²) in [4.78, 5) is 0.175. The number of hydrogen-bond donors (Lipinski definition) is 3. The Balaban J connectivity index is 2.18. The van der Waals surface area contributed by atoms with Gasteiger partial charge in [-0.15, -0.1) is 0 Å². The number of nitrogens with two attached hydrogens (primary N) is 1. The summed E-state index contributed by atoms with van der Waals surface area (Å²) in [7, 11) is -0.498. The first-order chi connectivity index (χ1) is 9.41. The third-order valence-electron chi connectivity index (χ3n) is 2.84. The first-order valence-corrected chi connectivity index (χ1v) is 7.39. The van der Waals surface area contributed by atoms with Crippen molar-refractivity contribution in [2.45, 2.75) is 11.4 Å². The Morgan fingerprint density at radius 2 is 2.15 bits per heavy atom. The molecule has 2 aromatic rings. The topological polar surface area (TPSA) is 104 Å². The molecule has 0 radical (unpaired) electrons. The Morgan fingerprint density at radius 1 is 1.40 bits per heavy atom. The first kappa shape index (κ1) is 14.4. The van der Waals surface area contributed by atoms with E-state index in [1.54, 1.807) is 18.5 Å². The van der Waals surface area contributed by atoms with Crippen LogP contribution in [0.15, 0.2) is 35.5 Å². The largest absolute Gasteiger partial charge is 0.397 e. The molecule has 2 rings (SSSR count). The van der Waals surface area contributed by atoms with Crippen molar-refractivity contribution in [1.29, 1.82) is 0 Å². The Morgan fingerprint density at radius 3 is 2.70 bits per heavy atom. The fourth-order valence-corrected chi connectivity index (χ4v) is 2.58. The van der Waals surface area contributed by atoms with Gasteiger partial charge in [0.2, 0.25) is 10.0 Å². The monoisotopic (exact) mass is 295 g/mol. The smallest absolute Gasteiger partial charge is 0.242 e. The number of H-pyrrole nitrogens is 1. The van der Waals surface area contributed by atoms with Crippen molar-refractivity contribution in [3.8, 4) is 0 Å². The number of rotatable bonds is 5. The Kier molecular flexibility index (Phi) is 3.96. The summed E-state index contributed by atoms with van der Waals surface area (Å²) >= 11 is 0. The van der Waals surface area contributed by atoms with Crippen LogP contribution < -0.4 is 11.1 Å². The SMILES string of the molecule is CN(C)S(=O)(=O)c1ccc(NCc2cn[nH]c2)c(N)c1. The number of benzene rings is 1. The molecule has 7 nitrogen and oxygen atoms in total. The molecule has 8 heteroatoms. The number of aromatic amines is 1. The summed E-state index contributed by atoms with van der Waals surface area (Å²) in [6.07, 6.45) is 3.47. The van der Waals surface area contributed by atoms with E-state index >= 15 is 0 Å². The van der Waals surface area contributed by atoms with E-state index in [0.29, 0.717) is 17.9 Å². The lowest BCUT2D eigenvalue weighted by atomic mass is 10.2. The first-order valence-electron chi connectivity index (χ1n) is 5.95. The molecule has 0 bridgehead atoms. The van der Waals surface area contributed by atoms with Gasteiger partial charge in [-0.05, 0) is 18.2 Å². The maximum absolute atomic E-state index is 12.0. The minimum Gasteiger partial charge on any atom is -0.397 e. The molecule has 4 N–H and O–H groups in total. The van der Waals surface area contributed by atoms with Gasteiger partial charge in [0.15, 0.2) is 0 Å². The predicted molar refractivity (Wildman–Crippen MR) is 77.6 cm³/mol. The van der Waals surface area contributed by atoms with E-state index in [-0.39, 0.29) is 4.90 Å². The zero-order chi connectivity index (χ0) is 14.8. The van der Waals surface area contributed by atoms with Crippen molar-refractivity contribution in [1.82, 2.24) is 14.5 Å². The summed E-state index contributed by atoms with van der Waals surface area (Å²) in [6, 6.07) is 4.64. The molecule has 1 aromatic carbocycles. The van der Waals surface area contributed by atoms with Crippen LogP contribution in [0.1, 0.15) is 5.56 Å². The molecule has 0 fully saturated rings. The highest BCUT2D eigenvalue weighted by Crippen LogP contribution is 2.24. The Labute approximate surface area is 117 Å². The van der Waals surface area contributed by atoms with Gasteiger partial charge >= 0.3 is 0 Å². The minimum atomic E-state index is -3.46. The van der Waals surface area contributed by atoms with E-state index in [1.165, 1.54) is 26.2 Å². The Bertz CT molecular complexity index is 680. The summed E-state index contributed by atoms with van der Waals surface area (Å²) in [5.74, 6) is 0. The molecule has 0 amide bonds. The zero-order valence-electron chi connectivity index (χ0n) is 11.3. The van der Waals surface area contributed by atoms with Gasteiger partial charge in [0, 0.05) is 32.4 Å². The van der Waals surface area contributed by atoms with Crippen molar-refractivity contribution < 1.29 is 8.42 Å². The number of aromatic nitrogens is 2. The van der Waals surface area contributed by atoms with Crippen LogP contribution >= 0.6 is 0 Å². The summed E-state index contributed by atoms with van der Waals surface area (Å²) < 4.78 is 25.1. The number of sulfonamides is 1. The quantitative estimate of drug-likeness (QED) is 0.710. The van der Waals surface area contributed by atoms with Crippen LogP contribution in [0.3, 0.4) is 0 Å². The third kappa shape index (κ3) is 2.91. The molecule has 0 aliphatic carbocycles. The molecule has 0 aliphatic rings. The second-order valence-electron chi connectivity index (χ2n) is 4.50. The van der Waals surface area contributed by atoms with E-state index in [0.717, 1.165) is 9.87 Å². The Hall–Kier alpha value is -2.06. The second kappa shape index (κ2) is 5.51. The fourth-order valence-electron chi connectivity index (χ4n) is 1.64. The minimum absolute atomic E-state index is 0.175. The second-order valence-corrected chi connectivity index (χ2v) is 6.65. The molecule has 0 unspecified atom stereocenters. The van der Waals surface area contributed by atoms with Crippen LogP contribution in [-0.4, -0.2) is 37.0 Å². The van der Waals surface area contributed by atoms with Gasteiger partial charge in [-0.25, -0.2) is 12.7 Å². The molecule has 20 heavy (non-hydrogen) atoms. The number of nitrogen functional groups attached to an aromatic ring is 1. The molecule has 0 atom stereocenters. The van der Waals surface area contributed by atoms with Gasteiger partial charge in [0.05, 0.1) is 22.5 Å². The molecule has 1 heterocycles. The molecular weight excluding hydrogens is 278 g/mol. The molecule has 1 aromatic heterocycles. The maximum Gasteiger partial charge on any atom is 0.242 e. The van der Waals surface area contributed by atoms with Crippen LogP contribution in [0.25, 0.3) is 0 Å². The normalized spacial score (nSPS) is 11.8. The highest BCUT2D eigenvalue weighted by Gasteiger charge is 2.17. The van der Waals surface area contributed by atoms with Crippen molar-refractivity contribution in [2.75, 3.05) is 25.1 Å². The third-order valence-corrected chi connectivity index (χ3v) is 4.65. The van der Waals surface area contributed by atoms with E-state index in [9.17, 15) is 8.42 Å². The van der Waals surface area contributed by atoms with Crippen molar-refractivity contribution in [3.63, 3.8) is 0 Å². The summed E-state index contributed by atoms with van der Waals surface area (Å²) in [6.45, 7) is 0.556. The number of nitrogens with zero attached hydrogens (tertiary/aromatic N) is 2. The molecular formula is C12H17N5O2S. The van der Waals surface area contributed by atoms with Crippen molar-refractivity contribution in [3.05, 3.63) is 36.2 Å². The van der Waals surface area contributed by atoms with Crippen LogP contribution in [-0.2, 0) is 16.6 Å². The zero-order valence-corrected chi connectivity index (χ0v) is 12.1. The van der Waals surface area contributed by atoms with Crippen LogP contribution in [0, 0.1) is 0 Å². The molecule has 0 aliphatic heterocycles. The van der Waals surface area contributed by atoms with E-state index in [2.05, 4.69) is 15.5 Å². The van der Waals surface area contributed by atoms with Gasteiger partial charge in [-0.3, -0.25) is 5.10 Å². The van der Waals surface area contributed by atoms with Gasteiger partial charge in [0.25, 0.3) is 0 Å². The van der Waals surface area contributed by atoms with Crippen LogP contribution in [0.4, 0.5) is 11.4 Å². The molecule has 0 saturated heterocycles. The highest BCUT2D eigenvalue weighted by atomic mass is 32.2. The van der Waals surface area contributed by atoms with Crippen LogP contribution in [0.2, 0.25) is 0 Å². The van der Waals surface area contributed by atoms with Gasteiger partial charge in [-0.2, -0.15) is 5.10 Å². The number of anilines is 2. The van der Waals surface area contributed by atoms with E-state index < -0.39 is 10.0 Å². The van der Waals surface area contributed by atoms with Gasteiger partial charge in [-0.1, -0.05) is 0 Å². The number of nitrogens with one attached hydrogen (secondary N) is 2. The fraction of sp³-hybridized carbons (Fsp3) is 0.250. The van der Waals surface area contributed by atoms with Crippen LogP contribution in [0.5, 0.6) is 0 Å². The summed E-state index contributed by atoms with van der Waals surface area (Å²) in [5.41, 5.74) is 7.94. The van der Waals surface area contributed by atoms with Gasteiger partial charge < -0.3 is 11.1 Å². The van der Waals surface area contributed by atoms with Gasteiger partial charge in [0.1, 0.15) is 0 Å². The predicted octanol–water partition coefficient (Wildman–Crippen LogP) is 0.854. The summed E-state index contributed by atoms with van der Waals surface area (Å²) in [5, 5.41) is 9.69. The standard InChI is InChI=1S/C12H17N5O2S/c1-17(2)20(18,19)10-3-4-12(11(13)5-10)14-6-9-7-15-16-8-9/h3-5,7-8,14H,6,13H2,1-2H3,(H,15,16). The molecule has 108 valence electrons. The van der Waals surface area contributed by atoms with E-state index in [4.69, 9.17) is 5.73 Å². The lowest BCUT2D eigenvalue weighted by molar-refractivity contribution is 0.521. The van der Waals surface area contributed by atoms with Crippen molar-refractivity contribution >= 4 is 21.4 Å².